The van der Waals surface area contributed by atoms with Crippen molar-refractivity contribution in [2.24, 2.45) is 0 Å². The average Bonchev–Trinajstić information content (AvgIpc) is 3.85. The van der Waals surface area contributed by atoms with Crippen molar-refractivity contribution in [3.8, 4) is 11.5 Å². The quantitative estimate of drug-likeness (QED) is 0.149. The second-order valence-corrected chi connectivity index (χ2v) is 17.7. The number of amides is 1. The molecule has 60 heavy (non-hydrogen) atoms. The van der Waals surface area contributed by atoms with Crippen LogP contribution in [-0.4, -0.2) is 95.3 Å². The number of nitrogen functional groups attached to an aromatic ring is 2. The van der Waals surface area contributed by atoms with Crippen molar-refractivity contribution in [3.05, 3.63) is 106 Å². The highest BCUT2D eigenvalue weighted by molar-refractivity contribution is 7.90. The number of carbonyl (C=O) groups excluding carboxylic acids is 1. The molecule has 0 aliphatic carbocycles. The summed E-state index contributed by atoms with van der Waals surface area (Å²) in [4.78, 5) is 43.6. The number of hydrogen-bond acceptors (Lipinski definition) is 16. The first-order chi connectivity index (χ1) is 28.8. The lowest BCUT2D eigenvalue weighted by molar-refractivity contribution is -0.133. The number of anilines is 3. The Morgan fingerprint density at radius 3 is 1.72 bits per heavy atom. The summed E-state index contributed by atoms with van der Waals surface area (Å²) < 4.78 is 60.5. The number of rotatable bonds is 12. The maximum Gasteiger partial charge on any atom is 0.260 e. The van der Waals surface area contributed by atoms with Crippen LogP contribution in [0.3, 0.4) is 0 Å². The second-order valence-electron chi connectivity index (χ2n) is 13.7. The van der Waals surface area contributed by atoms with Gasteiger partial charge in [0.25, 0.3) is 5.91 Å². The molecule has 20 heteroatoms. The molecule has 1 amide bonds. The standard InChI is InChI=1S/C26H27FN6O3S.C14H13FN4O2S2/c1-35-19-7-9-20(10-8-19)36-16-22(34)32-12-14-33(15-13-32)24-23-25(31-26(28)30-24)37-21(29-23)11-4-17-2-5-18(27)6-3-17;1-23(20,21)13-11-12(18-14(16)19-13)22-10(17-11)7-4-8-2-5-9(15)6-3-8/h2-3,5-10H,4,11-16H2,1H3,(H2,28,30,31);2-3,5-6H,4,7H2,1H3,(H2,16,18,19). The highest BCUT2D eigenvalue weighted by atomic mass is 32.2. The van der Waals surface area contributed by atoms with E-state index in [1.165, 1.54) is 46.9 Å². The molecular weight excluding hydrogens is 835 g/mol. The molecule has 5 heterocycles. The topological polar surface area (TPSA) is 206 Å². The molecule has 3 aromatic carbocycles. The maximum atomic E-state index is 13.2. The van der Waals surface area contributed by atoms with Crippen LogP contribution >= 0.6 is 22.7 Å². The Kier molecular flexibility index (Phi) is 12.9. The lowest BCUT2D eigenvalue weighted by Gasteiger charge is -2.35. The summed E-state index contributed by atoms with van der Waals surface area (Å²) in [6, 6.07) is 19.9. The van der Waals surface area contributed by atoms with Crippen molar-refractivity contribution in [2.75, 3.05) is 62.5 Å². The molecule has 0 bridgehead atoms. The lowest BCUT2D eigenvalue weighted by atomic mass is 10.1. The fraction of sp³-hybridized carbons (Fsp3) is 0.275. The molecular formula is C40H40F2N10O5S3. The highest BCUT2D eigenvalue weighted by Gasteiger charge is 2.26. The average molecular weight is 875 g/mol. The number of nitrogens with two attached hydrogens (primary N) is 2. The summed E-state index contributed by atoms with van der Waals surface area (Å²) in [7, 11) is -1.94. The smallest absolute Gasteiger partial charge is 0.260 e. The van der Waals surface area contributed by atoms with E-state index in [0.717, 1.165) is 49.9 Å². The summed E-state index contributed by atoms with van der Waals surface area (Å²) in [6.45, 7) is 2.25. The monoisotopic (exact) mass is 874 g/mol. The number of carbonyl (C=O) groups is 1. The van der Waals surface area contributed by atoms with Gasteiger partial charge in [0, 0.05) is 45.3 Å². The molecule has 7 aromatic rings. The number of sulfone groups is 1. The Labute approximate surface area is 352 Å². The van der Waals surface area contributed by atoms with Crippen LogP contribution in [0.2, 0.25) is 0 Å². The molecule has 0 spiro atoms. The third-order valence-electron chi connectivity index (χ3n) is 9.38. The van der Waals surface area contributed by atoms with E-state index in [1.54, 1.807) is 60.5 Å². The van der Waals surface area contributed by atoms with Gasteiger partial charge in [0.1, 0.15) is 34.2 Å². The van der Waals surface area contributed by atoms with Crippen LogP contribution in [0.4, 0.5) is 26.5 Å². The van der Waals surface area contributed by atoms with Gasteiger partial charge in [-0.15, -0.1) is 0 Å². The zero-order valence-electron chi connectivity index (χ0n) is 32.5. The minimum absolute atomic E-state index is 0.0273. The van der Waals surface area contributed by atoms with Gasteiger partial charge >= 0.3 is 0 Å². The van der Waals surface area contributed by atoms with E-state index in [4.69, 9.17) is 25.9 Å². The number of hydrogen-bond donors (Lipinski definition) is 2. The molecule has 1 aliphatic heterocycles. The van der Waals surface area contributed by atoms with Crippen molar-refractivity contribution in [1.29, 1.82) is 0 Å². The Morgan fingerprint density at radius 1 is 0.683 bits per heavy atom. The lowest BCUT2D eigenvalue weighted by Crippen LogP contribution is -2.50. The van der Waals surface area contributed by atoms with Gasteiger partial charge in [-0.25, -0.2) is 37.1 Å². The van der Waals surface area contributed by atoms with E-state index in [2.05, 4.69) is 29.8 Å². The minimum atomic E-state index is -3.54. The summed E-state index contributed by atoms with van der Waals surface area (Å²) in [5, 5.41) is 1.50. The van der Waals surface area contributed by atoms with E-state index in [1.807, 2.05) is 0 Å². The Balaban J connectivity index is 0.000000203. The second kappa shape index (κ2) is 18.4. The van der Waals surface area contributed by atoms with Gasteiger partial charge in [-0.1, -0.05) is 46.9 Å². The van der Waals surface area contributed by atoms with E-state index in [0.29, 0.717) is 61.8 Å². The van der Waals surface area contributed by atoms with Crippen LogP contribution in [0.25, 0.3) is 20.7 Å². The van der Waals surface area contributed by atoms with Gasteiger partial charge in [-0.2, -0.15) is 9.97 Å². The third kappa shape index (κ3) is 10.5. The third-order valence-corrected chi connectivity index (χ3v) is 12.4. The van der Waals surface area contributed by atoms with Crippen molar-refractivity contribution in [3.63, 3.8) is 0 Å². The SMILES string of the molecule is COc1ccc(OCC(=O)N2CCN(c3nc(N)nc4sc(CCc5ccc(F)cc5)nc34)CC2)cc1.CS(=O)(=O)c1nc(N)nc2sc(CCc3ccc(F)cc3)nc12. The molecule has 4 N–H and O–H groups in total. The van der Waals surface area contributed by atoms with Crippen LogP contribution < -0.4 is 25.8 Å². The van der Waals surface area contributed by atoms with Crippen molar-refractivity contribution in [1.82, 2.24) is 34.8 Å². The van der Waals surface area contributed by atoms with Gasteiger partial charge in [-0.3, -0.25) is 4.79 Å². The number of fused-ring (bicyclic) bond motifs is 2. The molecule has 0 unspecified atom stereocenters. The zero-order valence-corrected chi connectivity index (χ0v) is 35.0. The number of aryl methyl sites for hydroxylation is 4. The molecule has 1 fully saturated rings. The first-order valence-corrected chi connectivity index (χ1v) is 22.2. The Bertz CT molecular complexity index is 2710. The van der Waals surface area contributed by atoms with Gasteiger partial charge < -0.3 is 30.7 Å². The van der Waals surface area contributed by atoms with E-state index in [9.17, 15) is 22.0 Å². The van der Waals surface area contributed by atoms with Crippen LogP contribution in [0.15, 0.2) is 77.8 Å². The maximum absolute atomic E-state index is 13.2. The van der Waals surface area contributed by atoms with Crippen LogP contribution in [0, 0.1) is 11.6 Å². The molecule has 1 aliphatic rings. The zero-order chi connectivity index (χ0) is 42.4. The fourth-order valence-electron chi connectivity index (χ4n) is 6.30. The first kappa shape index (κ1) is 42.0. The van der Waals surface area contributed by atoms with Crippen LogP contribution in [0.1, 0.15) is 21.1 Å². The summed E-state index contributed by atoms with van der Waals surface area (Å²) in [5.41, 5.74) is 14.6. The molecule has 312 valence electrons. The Morgan fingerprint density at radius 2 is 1.18 bits per heavy atom. The molecule has 1 saturated heterocycles. The fourth-order valence-corrected chi connectivity index (χ4v) is 8.99. The summed E-state index contributed by atoms with van der Waals surface area (Å²) in [5.74, 6) is 1.55. The van der Waals surface area contributed by atoms with Gasteiger partial charge in [-0.05, 0) is 72.5 Å². The molecule has 15 nitrogen and oxygen atoms in total. The number of methoxy groups -OCH3 is 1. The number of benzene rings is 3. The predicted octanol–water partition coefficient (Wildman–Crippen LogP) is 5.33. The summed E-state index contributed by atoms with van der Waals surface area (Å²) in [6.07, 6.45) is 3.78. The normalized spacial score (nSPS) is 13.0. The van der Waals surface area contributed by atoms with Gasteiger partial charge in [0.05, 0.1) is 17.1 Å². The molecule has 8 rings (SSSR count). The Hall–Kier alpha value is -6.12. The van der Waals surface area contributed by atoms with Crippen molar-refractivity contribution in [2.45, 2.75) is 30.7 Å². The van der Waals surface area contributed by atoms with E-state index >= 15 is 0 Å². The number of thiazole rings is 2. The minimum Gasteiger partial charge on any atom is -0.497 e. The van der Waals surface area contributed by atoms with Crippen molar-refractivity contribution >= 4 is 76.8 Å². The molecule has 0 radical (unpaired) electrons. The molecule has 0 saturated carbocycles. The number of nitrogens with zero attached hydrogens (tertiary/aromatic N) is 8. The molecule has 0 atom stereocenters. The number of ether oxygens (including phenoxy) is 2. The van der Waals surface area contributed by atoms with Crippen LogP contribution in [0.5, 0.6) is 11.5 Å². The summed E-state index contributed by atoms with van der Waals surface area (Å²) >= 11 is 2.78. The van der Waals surface area contributed by atoms with Crippen molar-refractivity contribution < 1.29 is 31.5 Å². The van der Waals surface area contributed by atoms with Crippen LogP contribution in [-0.2, 0) is 40.3 Å². The highest BCUT2D eigenvalue weighted by Crippen LogP contribution is 2.31. The first-order valence-electron chi connectivity index (χ1n) is 18.7. The van der Waals surface area contributed by atoms with Gasteiger partial charge in [0.15, 0.2) is 36.9 Å². The number of aromatic nitrogens is 6. The number of piperazine rings is 1. The van der Waals surface area contributed by atoms with Gasteiger partial charge in [0.2, 0.25) is 11.9 Å². The molecule has 4 aromatic heterocycles. The van der Waals surface area contributed by atoms with E-state index in [-0.39, 0.29) is 46.6 Å². The largest absolute Gasteiger partial charge is 0.497 e. The number of halogens is 2. The van der Waals surface area contributed by atoms with E-state index < -0.39 is 9.84 Å². The predicted molar refractivity (Wildman–Crippen MR) is 227 cm³/mol.